The fourth-order valence-corrected chi connectivity index (χ4v) is 2.81. The Hall–Kier alpha value is -2.66. The van der Waals surface area contributed by atoms with Gasteiger partial charge in [-0.1, -0.05) is 6.92 Å². The average Bonchev–Trinajstić information content (AvgIpc) is 2.53. The quantitative estimate of drug-likeness (QED) is 0.836. The van der Waals surface area contributed by atoms with Crippen molar-refractivity contribution in [2.45, 2.75) is 18.2 Å². The van der Waals surface area contributed by atoms with Crippen LogP contribution in [0.2, 0.25) is 0 Å². The van der Waals surface area contributed by atoms with E-state index in [-0.39, 0.29) is 16.5 Å². The molecule has 1 aromatic carbocycles. The summed E-state index contributed by atoms with van der Waals surface area (Å²) in [5, 5.41) is 15.2. The summed E-state index contributed by atoms with van der Waals surface area (Å²) in [5.41, 5.74) is 1.12. The number of hydrogen-bond acceptors (Lipinski definition) is 7. The molecule has 23 heavy (non-hydrogen) atoms. The lowest BCUT2D eigenvalue weighted by Crippen LogP contribution is -2.08. The first-order chi connectivity index (χ1) is 11.0. The van der Waals surface area contributed by atoms with E-state index in [1.165, 1.54) is 24.5 Å². The largest absolute Gasteiger partial charge is 0.384 e. The second-order valence-corrected chi connectivity index (χ2v) is 6.89. The van der Waals surface area contributed by atoms with Crippen LogP contribution in [0.4, 0.5) is 17.3 Å². The minimum atomic E-state index is -3.49. The fraction of sp³-hybridized carbons (Fsp3) is 0.267. The minimum Gasteiger partial charge on any atom is -0.384 e. The van der Waals surface area contributed by atoms with Gasteiger partial charge in [-0.2, -0.15) is 5.26 Å². The second kappa shape index (κ2) is 7.07. The van der Waals surface area contributed by atoms with Gasteiger partial charge in [0.25, 0.3) is 0 Å². The molecule has 7 nitrogen and oxygen atoms in total. The molecule has 0 atom stereocenters. The highest BCUT2D eigenvalue weighted by Crippen LogP contribution is 2.30. The number of hydrogen-bond donors (Lipinski definition) is 2. The smallest absolute Gasteiger partial charge is 0.227 e. The highest BCUT2D eigenvalue weighted by atomic mass is 32.2. The van der Waals surface area contributed by atoms with Crippen molar-refractivity contribution >= 4 is 27.2 Å². The molecule has 0 aliphatic carbocycles. The SMILES string of the molecule is CCCNc1cc(S(C)(=O)=O)c(Nc2ncccn2)cc1C#N. The molecule has 0 radical (unpaired) electrons. The van der Waals surface area contributed by atoms with Gasteiger partial charge in [-0.15, -0.1) is 0 Å². The number of rotatable bonds is 6. The summed E-state index contributed by atoms with van der Waals surface area (Å²) in [5.74, 6) is 0.260. The molecular formula is C15H17N5O2S. The normalized spacial score (nSPS) is 10.8. The maximum Gasteiger partial charge on any atom is 0.227 e. The van der Waals surface area contributed by atoms with Crippen molar-refractivity contribution in [2.24, 2.45) is 0 Å². The van der Waals surface area contributed by atoms with E-state index in [1.54, 1.807) is 6.07 Å². The van der Waals surface area contributed by atoms with Gasteiger partial charge < -0.3 is 10.6 Å². The van der Waals surface area contributed by atoms with E-state index >= 15 is 0 Å². The molecule has 0 saturated carbocycles. The predicted molar refractivity (Wildman–Crippen MR) is 88.4 cm³/mol. The monoisotopic (exact) mass is 331 g/mol. The molecule has 0 spiro atoms. The number of anilines is 3. The Morgan fingerprint density at radius 3 is 2.48 bits per heavy atom. The molecule has 1 aromatic heterocycles. The van der Waals surface area contributed by atoms with Gasteiger partial charge in [0.2, 0.25) is 5.95 Å². The van der Waals surface area contributed by atoms with Gasteiger partial charge in [0, 0.05) is 25.2 Å². The lowest BCUT2D eigenvalue weighted by molar-refractivity contribution is 0.602. The molecule has 0 bridgehead atoms. The Morgan fingerprint density at radius 1 is 1.22 bits per heavy atom. The van der Waals surface area contributed by atoms with Crippen molar-refractivity contribution in [3.63, 3.8) is 0 Å². The van der Waals surface area contributed by atoms with E-state index in [2.05, 4.69) is 26.7 Å². The van der Waals surface area contributed by atoms with Crippen LogP contribution in [0.25, 0.3) is 0 Å². The third-order valence-corrected chi connectivity index (χ3v) is 4.15. The van der Waals surface area contributed by atoms with Crippen LogP contribution in [-0.4, -0.2) is 31.2 Å². The van der Waals surface area contributed by atoms with Gasteiger partial charge in [0.05, 0.1) is 21.8 Å². The summed E-state index contributed by atoms with van der Waals surface area (Å²) in [4.78, 5) is 8.10. The van der Waals surface area contributed by atoms with E-state index in [4.69, 9.17) is 0 Å². The van der Waals surface area contributed by atoms with E-state index in [0.29, 0.717) is 17.8 Å². The van der Waals surface area contributed by atoms with Gasteiger partial charge in [-0.3, -0.25) is 0 Å². The second-order valence-electron chi connectivity index (χ2n) is 4.90. The molecule has 0 fully saturated rings. The van der Waals surface area contributed by atoms with E-state index in [0.717, 1.165) is 12.7 Å². The van der Waals surface area contributed by atoms with Gasteiger partial charge in [0.1, 0.15) is 6.07 Å². The Bertz CT molecular complexity index is 829. The number of nitriles is 1. The zero-order valence-corrected chi connectivity index (χ0v) is 13.7. The topological polar surface area (TPSA) is 108 Å². The highest BCUT2D eigenvalue weighted by Gasteiger charge is 2.18. The summed E-state index contributed by atoms with van der Waals surface area (Å²) < 4.78 is 24.2. The summed E-state index contributed by atoms with van der Waals surface area (Å²) in [7, 11) is -3.49. The lowest BCUT2D eigenvalue weighted by atomic mass is 10.1. The van der Waals surface area contributed by atoms with E-state index in [9.17, 15) is 13.7 Å². The molecule has 2 N–H and O–H groups in total. The summed E-state index contributed by atoms with van der Waals surface area (Å²) in [6, 6.07) is 6.68. The number of sulfone groups is 1. The Balaban J connectivity index is 2.54. The van der Waals surface area contributed by atoms with Gasteiger partial charge >= 0.3 is 0 Å². The first kappa shape index (κ1) is 16.7. The summed E-state index contributed by atoms with van der Waals surface area (Å²) in [6.07, 6.45) is 5.06. The van der Waals surface area contributed by atoms with Crippen molar-refractivity contribution in [2.75, 3.05) is 23.4 Å². The zero-order valence-electron chi connectivity index (χ0n) is 12.9. The first-order valence-electron chi connectivity index (χ1n) is 7.01. The van der Waals surface area contributed by atoms with Crippen molar-refractivity contribution in [1.82, 2.24) is 9.97 Å². The van der Waals surface area contributed by atoms with Crippen molar-refractivity contribution in [3.8, 4) is 6.07 Å². The first-order valence-corrected chi connectivity index (χ1v) is 8.91. The van der Waals surface area contributed by atoms with Crippen molar-refractivity contribution in [1.29, 1.82) is 5.26 Å². The minimum absolute atomic E-state index is 0.0857. The van der Waals surface area contributed by atoms with Crippen LogP contribution < -0.4 is 10.6 Å². The third kappa shape index (κ3) is 4.17. The number of nitrogens with zero attached hydrogens (tertiary/aromatic N) is 3. The van der Waals surface area contributed by atoms with Crippen LogP contribution in [0, 0.1) is 11.3 Å². The molecule has 1 heterocycles. The third-order valence-electron chi connectivity index (χ3n) is 3.02. The summed E-state index contributed by atoms with van der Waals surface area (Å²) >= 11 is 0. The molecular weight excluding hydrogens is 314 g/mol. The van der Waals surface area contributed by atoms with Crippen LogP contribution >= 0.6 is 0 Å². The molecule has 2 rings (SSSR count). The van der Waals surface area contributed by atoms with Gasteiger partial charge in [0.15, 0.2) is 9.84 Å². The average molecular weight is 331 g/mol. The van der Waals surface area contributed by atoms with Gasteiger partial charge in [-0.25, -0.2) is 18.4 Å². The molecule has 0 aliphatic heterocycles. The number of aromatic nitrogens is 2. The molecule has 8 heteroatoms. The van der Waals surface area contributed by atoms with Crippen molar-refractivity contribution in [3.05, 3.63) is 36.2 Å². The zero-order chi connectivity index (χ0) is 16.9. The van der Waals surface area contributed by atoms with E-state index in [1.807, 2.05) is 6.92 Å². The van der Waals surface area contributed by atoms with Crippen LogP contribution in [0.15, 0.2) is 35.5 Å². The molecule has 2 aromatic rings. The molecule has 0 aliphatic rings. The van der Waals surface area contributed by atoms with Crippen LogP contribution in [0.1, 0.15) is 18.9 Å². The number of nitrogens with one attached hydrogen (secondary N) is 2. The number of benzene rings is 1. The Kier molecular flexibility index (Phi) is 5.13. The maximum atomic E-state index is 12.1. The predicted octanol–water partition coefficient (Wildman–Crippen LogP) is 2.32. The molecule has 0 unspecified atom stereocenters. The fourth-order valence-electron chi connectivity index (χ4n) is 1.97. The maximum absolute atomic E-state index is 12.1. The molecule has 0 saturated heterocycles. The van der Waals surface area contributed by atoms with Crippen LogP contribution in [-0.2, 0) is 9.84 Å². The Morgan fingerprint density at radius 2 is 1.91 bits per heavy atom. The van der Waals surface area contributed by atoms with Crippen LogP contribution in [0.5, 0.6) is 0 Å². The Labute approximate surface area is 135 Å². The summed E-state index contributed by atoms with van der Waals surface area (Å²) in [6.45, 7) is 2.63. The van der Waals surface area contributed by atoms with Crippen LogP contribution in [0.3, 0.4) is 0 Å². The lowest BCUT2D eigenvalue weighted by Gasteiger charge is -2.14. The molecule has 120 valence electrons. The van der Waals surface area contributed by atoms with Gasteiger partial charge in [-0.05, 0) is 24.6 Å². The standard InChI is InChI=1S/C15H17N5O2S/c1-3-5-17-12-9-14(23(2,21)22)13(8-11(12)10-16)20-15-18-6-4-7-19-15/h4,6-9,17H,3,5H2,1-2H3,(H,18,19,20). The molecule has 0 amide bonds. The highest BCUT2D eigenvalue weighted by molar-refractivity contribution is 7.90. The van der Waals surface area contributed by atoms with E-state index < -0.39 is 9.84 Å². The van der Waals surface area contributed by atoms with Crippen molar-refractivity contribution < 1.29 is 8.42 Å².